The highest BCUT2D eigenvalue weighted by Crippen LogP contribution is 2.29. The van der Waals surface area contributed by atoms with Crippen molar-refractivity contribution in [3.05, 3.63) is 0 Å². The molecule has 0 aromatic carbocycles. The van der Waals surface area contributed by atoms with Gasteiger partial charge in [0.15, 0.2) is 5.84 Å². The van der Waals surface area contributed by atoms with E-state index >= 15 is 0 Å². The van der Waals surface area contributed by atoms with Gasteiger partial charge in [-0.05, 0) is 38.1 Å². The van der Waals surface area contributed by atoms with E-state index in [1.165, 1.54) is 32.1 Å². The first-order valence-corrected chi connectivity index (χ1v) is 6.41. The number of oxime groups is 1. The molecule has 4 nitrogen and oxygen atoms in total. The van der Waals surface area contributed by atoms with Crippen LogP contribution in [0.1, 0.15) is 46.0 Å². The van der Waals surface area contributed by atoms with Crippen LogP contribution in [0.3, 0.4) is 0 Å². The standard InChI is InChI=1S/C12H25N3O/c1-3-10-5-7-11(8-6-10)15(4-2)9-12(13)14-16/h10-11,16H,3-9H2,1-2H3,(H2,13,14). The second kappa shape index (κ2) is 6.74. The molecule has 1 fully saturated rings. The van der Waals surface area contributed by atoms with E-state index in [4.69, 9.17) is 10.9 Å². The molecule has 94 valence electrons. The van der Waals surface area contributed by atoms with E-state index < -0.39 is 0 Å². The van der Waals surface area contributed by atoms with E-state index in [9.17, 15) is 0 Å². The summed E-state index contributed by atoms with van der Waals surface area (Å²) in [6.45, 7) is 5.97. The Labute approximate surface area is 98.5 Å². The highest BCUT2D eigenvalue weighted by Gasteiger charge is 2.24. The topological polar surface area (TPSA) is 61.8 Å². The second-order valence-electron chi connectivity index (χ2n) is 4.74. The van der Waals surface area contributed by atoms with Gasteiger partial charge >= 0.3 is 0 Å². The molecule has 0 atom stereocenters. The lowest BCUT2D eigenvalue weighted by Crippen LogP contribution is -2.43. The fourth-order valence-electron chi connectivity index (χ4n) is 2.66. The van der Waals surface area contributed by atoms with E-state index in [0.717, 1.165) is 12.5 Å². The van der Waals surface area contributed by atoms with Crippen LogP contribution in [0, 0.1) is 5.92 Å². The largest absolute Gasteiger partial charge is 0.409 e. The summed E-state index contributed by atoms with van der Waals surface area (Å²) in [5.41, 5.74) is 5.57. The zero-order chi connectivity index (χ0) is 12.0. The van der Waals surface area contributed by atoms with Gasteiger partial charge in [0.25, 0.3) is 0 Å². The third-order valence-electron chi connectivity index (χ3n) is 3.81. The van der Waals surface area contributed by atoms with Crippen molar-refractivity contribution in [2.75, 3.05) is 13.1 Å². The molecule has 1 aliphatic carbocycles. The first-order chi connectivity index (χ1) is 7.71. The maximum Gasteiger partial charge on any atom is 0.153 e. The number of nitrogens with two attached hydrogens (primary N) is 1. The Kier molecular flexibility index (Phi) is 5.60. The van der Waals surface area contributed by atoms with Crippen molar-refractivity contribution in [1.82, 2.24) is 4.90 Å². The van der Waals surface area contributed by atoms with Crippen molar-refractivity contribution in [2.24, 2.45) is 16.8 Å². The van der Waals surface area contributed by atoms with Gasteiger partial charge in [-0.25, -0.2) is 0 Å². The summed E-state index contributed by atoms with van der Waals surface area (Å²) in [6, 6.07) is 0.619. The summed E-state index contributed by atoms with van der Waals surface area (Å²) >= 11 is 0. The number of rotatable bonds is 5. The molecule has 0 aromatic heterocycles. The summed E-state index contributed by atoms with van der Waals surface area (Å²) in [4.78, 5) is 2.32. The van der Waals surface area contributed by atoms with E-state index in [-0.39, 0.29) is 0 Å². The Morgan fingerprint density at radius 1 is 1.31 bits per heavy atom. The fourth-order valence-corrected chi connectivity index (χ4v) is 2.66. The minimum atomic E-state index is 0.319. The fraction of sp³-hybridized carbons (Fsp3) is 0.917. The summed E-state index contributed by atoms with van der Waals surface area (Å²) in [7, 11) is 0. The summed E-state index contributed by atoms with van der Waals surface area (Å²) in [6.07, 6.45) is 6.47. The molecule has 4 heteroatoms. The molecule has 0 spiro atoms. The SMILES string of the molecule is CCC1CCC(N(CC)CC(N)=NO)CC1. The molecule has 0 radical (unpaired) electrons. The van der Waals surface area contributed by atoms with Gasteiger partial charge in [-0.3, -0.25) is 4.90 Å². The van der Waals surface area contributed by atoms with Crippen LogP contribution in [0.4, 0.5) is 0 Å². The number of hydrogen-bond donors (Lipinski definition) is 2. The molecule has 1 saturated carbocycles. The zero-order valence-corrected chi connectivity index (χ0v) is 10.5. The number of hydrogen-bond acceptors (Lipinski definition) is 3. The van der Waals surface area contributed by atoms with Crippen molar-refractivity contribution in [1.29, 1.82) is 0 Å². The number of nitrogens with zero attached hydrogens (tertiary/aromatic N) is 2. The van der Waals surface area contributed by atoms with Crippen molar-refractivity contribution in [3.63, 3.8) is 0 Å². The lowest BCUT2D eigenvalue weighted by Gasteiger charge is -2.35. The van der Waals surface area contributed by atoms with Gasteiger partial charge < -0.3 is 10.9 Å². The van der Waals surface area contributed by atoms with E-state index in [1.807, 2.05) is 0 Å². The van der Waals surface area contributed by atoms with Gasteiger partial charge in [-0.15, -0.1) is 0 Å². The lowest BCUT2D eigenvalue weighted by molar-refractivity contribution is 0.157. The van der Waals surface area contributed by atoms with Crippen molar-refractivity contribution >= 4 is 5.84 Å². The van der Waals surface area contributed by atoms with E-state index in [2.05, 4.69) is 23.9 Å². The van der Waals surface area contributed by atoms with Gasteiger partial charge in [0, 0.05) is 6.04 Å². The molecule has 0 aromatic rings. The first kappa shape index (κ1) is 13.3. The molecule has 0 unspecified atom stereocenters. The molecule has 0 amide bonds. The first-order valence-electron chi connectivity index (χ1n) is 6.41. The van der Waals surface area contributed by atoms with Crippen molar-refractivity contribution < 1.29 is 5.21 Å². The highest BCUT2D eigenvalue weighted by atomic mass is 16.4. The predicted molar refractivity (Wildman–Crippen MR) is 66.7 cm³/mol. The van der Waals surface area contributed by atoms with Crippen LogP contribution in [0.5, 0.6) is 0 Å². The minimum Gasteiger partial charge on any atom is -0.409 e. The molecule has 0 aliphatic heterocycles. The summed E-state index contributed by atoms with van der Waals surface area (Å²) in [5, 5.41) is 11.6. The van der Waals surface area contributed by atoms with Crippen molar-refractivity contribution in [2.45, 2.75) is 52.0 Å². The van der Waals surface area contributed by atoms with Crippen molar-refractivity contribution in [3.8, 4) is 0 Å². The second-order valence-corrected chi connectivity index (χ2v) is 4.74. The molecule has 0 heterocycles. The number of amidine groups is 1. The lowest BCUT2D eigenvalue weighted by atomic mass is 9.84. The van der Waals surface area contributed by atoms with Crippen LogP contribution in [-0.4, -0.2) is 35.1 Å². The Balaban J connectivity index is 2.42. The smallest absolute Gasteiger partial charge is 0.153 e. The van der Waals surface area contributed by atoms with Gasteiger partial charge in [0.1, 0.15) is 0 Å². The van der Waals surface area contributed by atoms with Crippen LogP contribution in [0.15, 0.2) is 5.16 Å². The molecule has 0 saturated heterocycles. The summed E-state index contributed by atoms with van der Waals surface area (Å²) < 4.78 is 0. The van der Waals surface area contributed by atoms with Gasteiger partial charge in [-0.2, -0.15) is 0 Å². The van der Waals surface area contributed by atoms with E-state index in [1.54, 1.807) is 0 Å². The third-order valence-corrected chi connectivity index (χ3v) is 3.81. The van der Waals surface area contributed by atoms with Gasteiger partial charge in [0.2, 0.25) is 0 Å². The summed E-state index contributed by atoms with van der Waals surface area (Å²) in [5.74, 6) is 1.23. The molecule has 1 rings (SSSR count). The highest BCUT2D eigenvalue weighted by molar-refractivity contribution is 5.81. The van der Waals surface area contributed by atoms with Crippen LogP contribution < -0.4 is 5.73 Å². The minimum absolute atomic E-state index is 0.319. The Bertz CT molecular complexity index is 222. The van der Waals surface area contributed by atoms with Gasteiger partial charge in [-0.1, -0.05) is 25.4 Å². The maximum absolute atomic E-state index is 8.59. The molecule has 16 heavy (non-hydrogen) atoms. The van der Waals surface area contributed by atoms with Crippen LogP contribution in [0.2, 0.25) is 0 Å². The molecule has 0 bridgehead atoms. The third kappa shape index (κ3) is 3.67. The quantitative estimate of drug-likeness (QED) is 0.327. The van der Waals surface area contributed by atoms with E-state index in [0.29, 0.717) is 18.4 Å². The maximum atomic E-state index is 8.59. The Morgan fingerprint density at radius 3 is 2.38 bits per heavy atom. The average molecular weight is 227 g/mol. The predicted octanol–water partition coefficient (Wildman–Crippen LogP) is 2.02. The Morgan fingerprint density at radius 2 is 1.94 bits per heavy atom. The van der Waals surface area contributed by atoms with Gasteiger partial charge in [0.05, 0.1) is 6.54 Å². The van der Waals surface area contributed by atoms with Crippen LogP contribution in [0.25, 0.3) is 0 Å². The zero-order valence-electron chi connectivity index (χ0n) is 10.5. The molecular weight excluding hydrogens is 202 g/mol. The number of likely N-dealkylation sites (N-methyl/N-ethyl adjacent to an activating group) is 1. The monoisotopic (exact) mass is 227 g/mol. The normalized spacial score (nSPS) is 27.3. The Hall–Kier alpha value is -0.770. The molecule has 1 aliphatic rings. The van der Waals surface area contributed by atoms with Crippen LogP contribution in [-0.2, 0) is 0 Å². The van der Waals surface area contributed by atoms with Crippen LogP contribution >= 0.6 is 0 Å². The molecular formula is C12H25N3O. The molecule has 3 N–H and O–H groups in total. The average Bonchev–Trinajstić information content (AvgIpc) is 2.35.